The highest BCUT2D eigenvalue weighted by atomic mass is 35.5. The van der Waals surface area contributed by atoms with Crippen molar-refractivity contribution in [1.82, 2.24) is 0 Å². The topological polar surface area (TPSA) is 43.4 Å². The summed E-state index contributed by atoms with van der Waals surface area (Å²) in [6.45, 7) is 0.521. The van der Waals surface area contributed by atoms with Gasteiger partial charge in [0, 0.05) is 12.0 Å². The van der Waals surface area contributed by atoms with E-state index in [-0.39, 0.29) is 10.3 Å². The van der Waals surface area contributed by atoms with Crippen LogP contribution in [0.3, 0.4) is 0 Å². The number of fused-ring (bicyclic) bond motifs is 1. The molecule has 0 saturated heterocycles. The van der Waals surface area contributed by atoms with Crippen LogP contribution in [0.15, 0.2) is 46.2 Å². The number of rotatable bonds is 2. The molecule has 1 heterocycles. The Hall–Kier alpha value is -1.26. The minimum Gasteiger partial charge on any atom is -0.493 e. The molecule has 106 valence electrons. The van der Waals surface area contributed by atoms with Crippen LogP contribution in [0.25, 0.3) is 0 Å². The van der Waals surface area contributed by atoms with Gasteiger partial charge in [0.15, 0.2) is 0 Å². The van der Waals surface area contributed by atoms with Crippen molar-refractivity contribution < 1.29 is 13.2 Å². The summed E-state index contributed by atoms with van der Waals surface area (Å²) in [7, 11) is -3.46. The Kier molecular flexibility index (Phi) is 3.61. The average molecular weight is 311 g/mol. The molecule has 2 aliphatic rings. The molecule has 3 nitrogen and oxygen atoms in total. The first kappa shape index (κ1) is 13.7. The molecule has 0 N–H and O–H groups in total. The molecule has 1 aromatic carbocycles. The van der Waals surface area contributed by atoms with Crippen molar-refractivity contribution in [2.75, 3.05) is 6.61 Å². The van der Waals surface area contributed by atoms with E-state index in [1.54, 1.807) is 30.4 Å². The molecule has 0 saturated carbocycles. The van der Waals surface area contributed by atoms with Crippen molar-refractivity contribution in [1.29, 1.82) is 0 Å². The molecule has 1 aliphatic heterocycles. The second kappa shape index (κ2) is 5.26. The molecule has 0 amide bonds. The van der Waals surface area contributed by atoms with Gasteiger partial charge in [0.1, 0.15) is 5.75 Å². The maximum Gasteiger partial charge on any atom is 0.206 e. The number of alkyl halides is 1. The summed E-state index contributed by atoms with van der Waals surface area (Å²) in [6.07, 6.45) is 7.71. The van der Waals surface area contributed by atoms with Gasteiger partial charge in [-0.3, -0.25) is 0 Å². The van der Waals surface area contributed by atoms with Crippen molar-refractivity contribution in [2.24, 2.45) is 0 Å². The fourth-order valence-electron chi connectivity index (χ4n) is 2.42. The van der Waals surface area contributed by atoms with Crippen LogP contribution in [-0.2, 0) is 9.84 Å². The Morgan fingerprint density at radius 2 is 2.10 bits per heavy atom. The first-order valence-electron chi connectivity index (χ1n) is 6.61. The lowest BCUT2D eigenvalue weighted by molar-refractivity contribution is 0.284. The van der Waals surface area contributed by atoms with Crippen LogP contribution in [-0.4, -0.2) is 15.0 Å². The number of hydrogen-bond donors (Lipinski definition) is 0. The number of allylic oxidation sites excluding steroid dienone is 3. The number of sulfone groups is 1. The predicted molar refractivity (Wildman–Crippen MR) is 78.8 cm³/mol. The zero-order valence-corrected chi connectivity index (χ0v) is 12.5. The van der Waals surface area contributed by atoms with Crippen LogP contribution >= 0.6 is 11.6 Å². The van der Waals surface area contributed by atoms with E-state index in [0.29, 0.717) is 17.3 Å². The Balaban J connectivity index is 2.03. The zero-order chi connectivity index (χ0) is 14.2. The minimum atomic E-state index is -3.46. The van der Waals surface area contributed by atoms with Gasteiger partial charge in [-0.2, -0.15) is 0 Å². The molecule has 0 aromatic heterocycles. The third kappa shape index (κ3) is 2.38. The first-order chi connectivity index (χ1) is 9.59. The lowest BCUT2D eigenvalue weighted by Gasteiger charge is -2.22. The maximum atomic E-state index is 12.5. The molecule has 5 heteroatoms. The first-order valence-corrected chi connectivity index (χ1v) is 8.53. The van der Waals surface area contributed by atoms with Crippen LogP contribution in [0.5, 0.6) is 5.75 Å². The van der Waals surface area contributed by atoms with Crippen LogP contribution < -0.4 is 4.74 Å². The highest BCUT2D eigenvalue weighted by Gasteiger charge is 2.24. The normalized spacial score (nSPS) is 21.9. The Morgan fingerprint density at radius 1 is 1.25 bits per heavy atom. The van der Waals surface area contributed by atoms with Gasteiger partial charge in [-0.1, -0.05) is 18.2 Å². The van der Waals surface area contributed by atoms with Crippen LogP contribution in [0, 0.1) is 0 Å². The van der Waals surface area contributed by atoms with E-state index >= 15 is 0 Å². The van der Waals surface area contributed by atoms with Crippen molar-refractivity contribution in [3.05, 3.63) is 46.9 Å². The van der Waals surface area contributed by atoms with E-state index in [1.165, 1.54) is 0 Å². The lowest BCUT2D eigenvalue weighted by Crippen LogP contribution is -2.12. The second-order valence-corrected chi connectivity index (χ2v) is 7.37. The van der Waals surface area contributed by atoms with E-state index in [2.05, 4.69) is 0 Å². The summed E-state index contributed by atoms with van der Waals surface area (Å²) < 4.78 is 30.6. The van der Waals surface area contributed by atoms with Crippen molar-refractivity contribution >= 4 is 21.4 Å². The van der Waals surface area contributed by atoms with Crippen LogP contribution in [0.4, 0.5) is 0 Å². The minimum absolute atomic E-state index is 0.107. The van der Waals surface area contributed by atoms with Crippen molar-refractivity contribution in [3.63, 3.8) is 0 Å². The molecule has 1 aromatic rings. The van der Waals surface area contributed by atoms with Gasteiger partial charge >= 0.3 is 0 Å². The van der Waals surface area contributed by atoms with Crippen LogP contribution in [0.2, 0.25) is 0 Å². The molecule has 1 aliphatic carbocycles. The van der Waals surface area contributed by atoms with Gasteiger partial charge in [0.2, 0.25) is 9.84 Å². The summed E-state index contributed by atoms with van der Waals surface area (Å²) in [6, 6.07) is 4.95. The molecule has 20 heavy (non-hydrogen) atoms. The van der Waals surface area contributed by atoms with Gasteiger partial charge in [-0.05, 0) is 31.1 Å². The number of benzene rings is 1. The summed E-state index contributed by atoms with van der Waals surface area (Å²) >= 11 is 6.21. The smallest absolute Gasteiger partial charge is 0.206 e. The van der Waals surface area contributed by atoms with Crippen molar-refractivity contribution in [2.45, 2.75) is 29.5 Å². The van der Waals surface area contributed by atoms with Crippen LogP contribution in [0.1, 0.15) is 30.2 Å². The van der Waals surface area contributed by atoms with Gasteiger partial charge in [0.25, 0.3) is 0 Å². The monoisotopic (exact) mass is 310 g/mol. The van der Waals surface area contributed by atoms with Gasteiger partial charge in [0.05, 0.1) is 21.8 Å². The highest BCUT2D eigenvalue weighted by molar-refractivity contribution is 7.95. The SMILES string of the molecule is O=S(=O)(C1=CCCC=C1)c1ccc2c(c1)OCCC2Cl. The Morgan fingerprint density at radius 3 is 2.85 bits per heavy atom. The van der Waals surface area contributed by atoms with E-state index in [9.17, 15) is 8.42 Å². The third-order valence-electron chi connectivity index (χ3n) is 3.53. The van der Waals surface area contributed by atoms with E-state index < -0.39 is 9.84 Å². The van der Waals surface area contributed by atoms with Crippen molar-refractivity contribution in [3.8, 4) is 5.75 Å². The summed E-state index contributed by atoms with van der Waals surface area (Å²) in [5.41, 5.74) is 0.866. The molecule has 1 atom stereocenters. The molecular formula is C15H15ClO3S. The van der Waals surface area contributed by atoms with E-state index in [4.69, 9.17) is 16.3 Å². The van der Waals surface area contributed by atoms with E-state index in [1.807, 2.05) is 6.08 Å². The second-order valence-electron chi connectivity index (χ2n) is 4.89. The Bertz CT molecular complexity index is 689. The van der Waals surface area contributed by atoms with Gasteiger partial charge < -0.3 is 4.74 Å². The predicted octanol–water partition coefficient (Wildman–Crippen LogP) is 3.76. The van der Waals surface area contributed by atoms with Gasteiger partial charge in [-0.25, -0.2) is 8.42 Å². The van der Waals surface area contributed by atoms with E-state index in [0.717, 1.165) is 24.8 Å². The zero-order valence-electron chi connectivity index (χ0n) is 10.9. The molecule has 0 fully saturated rings. The molecule has 3 rings (SSSR count). The standard InChI is InChI=1S/C15H15ClO3S/c16-14-8-9-19-15-10-12(6-7-13(14)15)20(17,18)11-4-2-1-3-5-11/h2,4-7,10,14H,1,3,8-9H2. The largest absolute Gasteiger partial charge is 0.493 e. The third-order valence-corrected chi connectivity index (χ3v) is 5.78. The molecule has 0 spiro atoms. The Labute approximate surface area is 123 Å². The lowest BCUT2D eigenvalue weighted by atomic mass is 10.1. The summed E-state index contributed by atoms with van der Waals surface area (Å²) in [4.78, 5) is 0.627. The molecule has 1 unspecified atom stereocenters. The molecular weight excluding hydrogens is 296 g/mol. The molecule has 0 radical (unpaired) electrons. The number of halogens is 1. The quantitative estimate of drug-likeness (QED) is 0.781. The highest BCUT2D eigenvalue weighted by Crippen LogP contribution is 2.38. The fourth-order valence-corrected chi connectivity index (χ4v) is 4.08. The number of ether oxygens (including phenoxy) is 1. The molecule has 0 bridgehead atoms. The summed E-state index contributed by atoms with van der Waals surface area (Å²) in [5, 5.41) is -0.107. The maximum absolute atomic E-state index is 12.5. The number of hydrogen-bond acceptors (Lipinski definition) is 3. The van der Waals surface area contributed by atoms with Gasteiger partial charge in [-0.15, -0.1) is 11.6 Å². The average Bonchev–Trinajstić information content (AvgIpc) is 2.48. The summed E-state index contributed by atoms with van der Waals surface area (Å²) in [5.74, 6) is 0.581. The fraction of sp³-hybridized carbons (Fsp3) is 0.333.